The summed E-state index contributed by atoms with van der Waals surface area (Å²) in [5.41, 5.74) is 4.82. The van der Waals surface area contributed by atoms with Gasteiger partial charge in [0.15, 0.2) is 5.69 Å². The average molecular weight is 541 g/mol. The quantitative estimate of drug-likeness (QED) is 0.413. The summed E-state index contributed by atoms with van der Waals surface area (Å²) in [6, 6.07) is 16.1. The second-order valence-corrected chi connectivity index (χ2v) is 11.7. The highest BCUT2D eigenvalue weighted by Gasteiger charge is 2.49. The van der Waals surface area contributed by atoms with Gasteiger partial charge in [0.05, 0.1) is 21.8 Å². The lowest BCUT2D eigenvalue weighted by atomic mass is 9.73. The summed E-state index contributed by atoms with van der Waals surface area (Å²) < 4.78 is 15.9. The number of rotatable bonds is 5. The van der Waals surface area contributed by atoms with E-state index in [1.54, 1.807) is 12.1 Å². The van der Waals surface area contributed by atoms with Gasteiger partial charge in [-0.3, -0.25) is 0 Å². The van der Waals surface area contributed by atoms with Crippen LogP contribution in [0.3, 0.4) is 0 Å². The highest BCUT2D eigenvalue weighted by molar-refractivity contribution is 7.89. The predicted molar refractivity (Wildman–Crippen MR) is 146 cm³/mol. The molecule has 9 heteroatoms. The van der Waals surface area contributed by atoms with Crippen molar-refractivity contribution in [3.63, 3.8) is 0 Å². The molecule has 6 nitrogen and oxygen atoms in total. The van der Waals surface area contributed by atoms with Crippen LogP contribution in [-0.2, 0) is 17.8 Å². The van der Waals surface area contributed by atoms with E-state index in [0.29, 0.717) is 38.6 Å². The number of hydrogen-bond acceptors (Lipinski definition) is 6. The summed E-state index contributed by atoms with van der Waals surface area (Å²) >= 11 is 11.6. The van der Waals surface area contributed by atoms with Gasteiger partial charge in [0.1, 0.15) is 11.8 Å². The summed E-state index contributed by atoms with van der Waals surface area (Å²) in [5, 5.41) is 10.7. The maximum Gasteiger partial charge on any atom is 0.226 e. The van der Waals surface area contributed by atoms with Crippen molar-refractivity contribution in [2.24, 2.45) is 5.41 Å². The molecule has 0 amide bonds. The summed E-state index contributed by atoms with van der Waals surface area (Å²) in [6.45, 7) is 5.32. The molecule has 0 bridgehead atoms. The maximum atomic E-state index is 12.5. The molecule has 3 aromatic rings. The monoisotopic (exact) mass is 539 g/mol. The van der Waals surface area contributed by atoms with E-state index in [1.165, 1.54) is 11.1 Å². The van der Waals surface area contributed by atoms with E-state index in [0.717, 1.165) is 32.4 Å². The molecule has 1 saturated heterocycles. The van der Waals surface area contributed by atoms with Crippen molar-refractivity contribution in [3.05, 3.63) is 75.0 Å². The highest BCUT2D eigenvalue weighted by atomic mass is 35.5. The molecule has 1 unspecified atom stereocenters. The van der Waals surface area contributed by atoms with Gasteiger partial charge in [-0.2, -0.15) is 5.26 Å². The molecule has 2 aromatic carbocycles. The highest BCUT2D eigenvalue weighted by Crippen LogP contribution is 2.52. The van der Waals surface area contributed by atoms with Gasteiger partial charge in [0.2, 0.25) is 5.95 Å². The van der Waals surface area contributed by atoms with Crippen molar-refractivity contribution >= 4 is 40.5 Å². The Hall–Kier alpha value is -2.34. The van der Waals surface area contributed by atoms with Crippen molar-refractivity contribution in [2.45, 2.75) is 39.2 Å². The Bertz CT molecular complexity index is 1340. The van der Waals surface area contributed by atoms with Gasteiger partial charge in [0.25, 0.3) is 0 Å². The summed E-state index contributed by atoms with van der Waals surface area (Å²) in [7, 11) is 0. The smallest absolute Gasteiger partial charge is 0.226 e. The molecule has 186 valence electrons. The van der Waals surface area contributed by atoms with Gasteiger partial charge in [0, 0.05) is 41.0 Å². The molecular formula is C27H27Cl2N5OS. The third-order valence-electron chi connectivity index (χ3n) is 7.48. The van der Waals surface area contributed by atoms with Crippen molar-refractivity contribution in [1.29, 1.82) is 5.26 Å². The Morgan fingerprint density at radius 1 is 1.17 bits per heavy atom. The van der Waals surface area contributed by atoms with Gasteiger partial charge in [-0.15, -0.1) is 4.72 Å². The van der Waals surface area contributed by atoms with E-state index in [2.05, 4.69) is 44.9 Å². The molecule has 1 N–H and O–H groups in total. The number of aryl methyl sites for hydroxylation is 1. The first-order valence-corrected chi connectivity index (χ1v) is 14.1. The van der Waals surface area contributed by atoms with Crippen LogP contribution in [0.25, 0.3) is 11.1 Å². The Morgan fingerprint density at radius 2 is 1.92 bits per heavy atom. The third-order valence-corrected chi connectivity index (χ3v) is 9.32. The van der Waals surface area contributed by atoms with Gasteiger partial charge in [-0.05, 0) is 50.3 Å². The van der Waals surface area contributed by atoms with E-state index in [-0.39, 0.29) is 17.2 Å². The van der Waals surface area contributed by atoms with Crippen molar-refractivity contribution < 1.29 is 4.55 Å². The van der Waals surface area contributed by atoms with Crippen LogP contribution in [0.1, 0.15) is 48.3 Å². The molecule has 1 aliphatic carbocycles. The van der Waals surface area contributed by atoms with Crippen LogP contribution in [0.4, 0.5) is 5.95 Å². The Balaban J connectivity index is 1.42. The minimum absolute atomic E-state index is 0.00757. The Labute approximate surface area is 225 Å². The number of nitriles is 1. The summed E-state index contributed by atoms with van der Waals surface area (Å²) in [5.74, 6) is 1.13. The molecule has 1 aliphatic heterocycles. The second-order valence-electron chi connectivity index (χ2n) is 9.46. The van der Waals surface area contributed by atoms with E-state index >= 15 is 0 Å². The predicted octanol–water partition coefficient (Wildman–Crippen LogP) is 5.79. The fraction of sp³-hybridized carbons (Fsp3) is 0.370. The van der Waals surface area contributed by atoms with Crippen molar-refractivity contribution in [3.8, 4) is 17.2 Å². The lowest BCUT2D eigenvalue weighted by Gasteiger charge is -2.43. The molecule has 5 rings (SSSR count). The number of fused-ring (bicyclic) bond motifs is 1. The fourth-order valence-corrected chi connectivity index (χ4v) is 6.81. The fourth-order valence-electron chi connectivity index (χ4n) is 5.61. The topological polar surface area (TPSA) is 87.9 Å². The van der Waals surface area contributed by atoms with Crippen molar-refractivity contribution in [2.75, 3.05) is 23.7 Å². The largest absolute Gasteiger partial charge is 0.598 e. The Kier molecular flexibility index (Phi) is 7.17. The van der Waals surface area contributed by atoms with Crippen LogP contribution in [0.2, 0.25) is 10.0 Å². The zero-order valence-electron chi connectivity index (χ0n) is 20.2. The number of halogens is 2. The SMILES string of the molecule is CC[S+]([O-])N[C@@H]1c2ccccc2CC12CCN(c1nc(C)c(-c3cccc(Cl)c3Cl)c(C#N)n1)CC2. The third kappa shape index (κ3) is 4.46. The number of anilines is 1. The van der Waals surface area contributed by atoms with Crippen LogP contribution in [-0.4, -0.2) is 33.4 Å². The molecule has 0 radical (unpaired) electrons. The number of nitrogens with zero attached hydrogens (tertiary/aromatic N) is 4. The molecule has 2 atom stereocenters. The number of nitrogens with one attached hydrogen (secondary N) is 1. The van der Waals surface area contributed by atoms with E-state index in [4.69, 9.17) is 28.2 Å². The van der Waals surface area contributed by atoms with Crippen LogP contribution in [0, 0.1) is 23.7 Å². The molecule has 0 saturated carbocycles. The standard InChI is InChI=1S/C27H27Cl2N5OS/c1-3-36(35)33-25-19-8-5-4-7-18(19)15-27(25)11-13-34(14-12-27)26-31-17(2)23(22(16-30)32-26)20-9-6-10-21(28)24(20)29/h4-10,25,33H,3,11-15H2,1-2H3/t25-,36?/m1/s1. The zero-order chi connectivity index (χ0) is 25.4. The molecule has 1 aromatic heterocycles. The first-order valence-electron chi connectivity index (χ1n) is 12.1. The minimum atomic E-state index is -1.07. The number of benzene rings is 2. The lowest BCUT2D eigenvalue weighted by Crippen LogP contribution is -2.47. The first-order chi connectivity index (χ1) is 17.4. The zero-order valence-corrected chi connectivity index (χ0v) is 22.6. The molecule has 1 fully saturated rings. The van der Waals surface area contributed by atoms with Crippen LogP contribution < -0.4 is 9.62 Å². The lowest BCUT2D eigenvalue weighted by molar-refractivity contribution is 0.176. The van der Waals surface area contributed by atoms with Gasteiger partial charge in [-0.25, -0.2) is 9.97 Å². The van der Waals surface area contributed by atoms with Crippen LogP contribution in [0.5, 0.6) is 0 Å². The second kappa shape index (κ2) is 10.2. The number of piperidine rings is 1. The van der Waals surface area contributed by atoms with Crippen LogP contribution in [0.15, 0.2) is 42.5 Å². The molecule has 2 aliphatic rings. The van der Waals surface area contributed by atoms with E-state index < -0.39 is 11.4 Å². The maximum absolute atomic E-state index is 12.5. The summed E-state index contributed by atoms with van der Waals surface area (Å²) in [4.78, 5) is 11.6. The van der Waals surface area contributed by atoms with E-state index in [9.17, 15) is 9.81 Å². The summed E-state index contributed by atoms with van der Waals surface area (Å²) in [6.07, 6.45) is 2.78. The minimum Gasteiger partial charge on any atom is -0.598 e. The van der Waals surface area contributed by atoms with Crippen LogP contribution >= 0.6 is 23.2 Å². The first kappa shape index (κ1) is 25.3. The normalized spacial score (nSPS) is 19.2. The molecule has 2 heterocycles. The van der Waals surface area contributed by atoms with Gasteiger partial charge < -0.3 is 9.45 Å². The average Bonchev–Trinajstić information content (AvgIpc) is 3.18. The van der Waals surface area contributed by atoms with Gasteiger partial charge in [-0.1, -0.05) is 59.6 Å². The molecule has 36 heavy (non-hydrogen) atoms. The Morgan fingerprint density at radius 3 is 2.64 bits per heavy atom. The molecular weight excluding hydrogens is 513 g/mol. The van der Waals surface area contributed by atoms with Gasteiger partial charge >= 0.3 is 0 Å². The number of aromatic nitrogens is 2. The molecule has 1 spiro atoms. The van der Waals surface area contributed by atoms with Crippen molar-refractivity contribution in [1.82, 2.24) is 14.7 Å². The number of hydrogen-bond donors (Lipinski definition) is 1. The van der Waals surface area contributed by atoms with E-state index in [1.807, 2.05) is 19.9 Å².